The van der Waals surface area contributed by atoms with Crippen molar-refractivity contribution >= 4 is 12.0 Å². The number of hydrazone groups is 1. The Labute approximate surface area is 44.6 Å². The number of carbonyl (C=O) groups excluding carboxylic acids is 2. The molecule has 0 aromatic rings. The molecule has 0 aliphatic heterocycles. The van der Waals surface area contributed by atoms with Crippen LogP contribution in [-0.2, 0) is 9.59 Å². The van der Waals surface area contributed by atoms with Gasteiger partial charge in [0.2, 0.25) is 0 Å². The zero-order chi connectivity index (χ0) is 6.41. The first-order chi connectivity index (χ1) is 3.81. The minimum atomic E-state index is -0.978. The fourth-order valence-electron chi connectivity index (χ4n) is 0.0986. The SMILES string of the molecule is N#CC(=O)NN=C=O. The highest BCUT2D eigenvalue weighted by molar-refractivity contribution is 5.91. The molecule has 0 unspecified atom stereocenters. The second-order valence-corrected chi connectivity index (χ2v) is 0.756. The number of nitrogens with zero attached hydrogens (tertiary/aromatic N) is 2. The predicted molar refractivity (Wildman–Crippen MR) is 21.9 cm³/mol. The molecule has 0 atom stereocenters. The molecule has 0 spiro atoms. The first-order valence-electron chi connectivity index (χ1n) is 1.58. The van der Waals surface area contributed by atoms with E-state index in [1.807, 2.05) is 0 Å². The zero-order valence-electron chi connectivity index (χ0n) is 3.71. The number of nitrogens with one attached hydrogen (secondary N) is 1. The summed E-state index contributed by atoms with van der Waals surface area (Å²) in [5.74, 6) is -0.978. The van der Waals surface area contributed by atoms with Gasteiger partial charge in [0.1, 0.15) is 0 Å². The number of isocyanates is 1. The quantitative estimate of drug-likeness (QED) is 0.201. The lowest BCUT2D eigenvalue weighted by Gasteiger charge is -1.77. The van der Waals surface area contributed by atoms with E-state index in [1.54, 1.807) is 5.43 Å². The molecule has 5 heteroatoms. The summed E-state index contributed by atoms with van der Waals surface area (Å²) < 4.78 is 0. The third-order valence-electron chi connectivity index (χ3n) is 0.305. The van der Waals surface area contributed by atoms with Crippen molar-refractivity contribution in [3.63, 3.8) is 0 Å². The fourth-order valence-corrected chi connectivity index (χ4v) is 0.0986. The van der Waals surface area contributed by atoms with E-state index in [1.165, 1.54) is 6.07 Å². The Morgan fingerprint density at radius 1 is 1.75 bits per heavy atom. The van der Waals surface area contributed by atoms with Gasteiger partial charge in [0.05, 0.1) is 0 Å². The Balaban J connectivity index is 3.60. The van der Waals surface area contributed by atoms with Gasteiger partial charge in [-0.3, -0.25) is 4.79 Å². The van der Waals surface area contributed by atoms with Crippen LogP contribution in [0.25, 0.3) is 0 Å². The molecule has 0 rings (SSSR count). The van der Waals surface area contributed by atoms with Gasteiger partial charge in [-0.2, -0.15) is 5.26 Å². The monoisotopic (exact) mass is 111 g/mol. The van der Waals surface area contributed by atoms with E-state index in [2.05, 4.69) is 5.10 Å². The first-order valence-corrected chi connectivity index (χ1v) is 1.58. The lowest BCUT2D eigenvalue weighted by molar-refractivity contribution is -0.115. The molecule has 8 heavy (non-hydrogen) atoms. The van der Waals surface area contributed by atoms with Gasteiger partial charge in [-0.15, -0.1) is 0 Å². The van der Waals surface area contributed by atoms with Crippen LogP contribution in [-0.4, -0.2) is 12.0 Å². The van der Waals surface area contributed by atoms with Crippen molar-refractivity contribution in [1.29, 1.82) is 5.26 Å². The molecular weight excluding hydrogens is 110 g/mol. The first kappa shape index (κ1) is 6.34. The average molecular weight is 111 g/mol. The lowest BCUT2D eigenvalue weighted by atomic mass is 10.7. The molecule has 0 aliphatic carbocycles. The van der Waals surface area contributed by atoms with Crippen LogP contribution in [0.15, 0.2) is 5.10 Å². The number of rotatable bonds is 1. The highest BCUT2D eigenvalue weighted by Gasteiger charge is 1.89. The highest BCUT2D eigenvalue weighted by atomic mass is 16.2. The van der Waals surface area contributed by atoms with Gasteiger partial charge >= 0.3 is 5.91 Å². The van der Waals surface area contributed by atoms with E-state index in [0.717, 1.165) is 6.08 Å². The molecular formula is C3HN3O2. The Bertz CT molecular complexity index is 173. The Kier molecular flexibility index (Phi) is 2.80. The van der Waals surface area contributed by atoms with Crippen LogP contribution in [0.5, 0.6) is 0 Å². The van der Waals surface area contributed by atoms with Crippen LogP contribution in [0.2, 0.25) is 0 Å². The minimum Gasteiger partial charge on any atom is -0.255 e. The van der Waals surface area contributed by atoms with Crippen LogP contribution >= 0.6 is 0 Å². The zero-order valence-corrected chi connectivity index (χ0v) is 3.71. The lowest BCUT2D eigenvalue weighted by Crippen LogP contribution is -2.13. The summed E-state index contributed by atoms with van der Waals surface area (Å²) in [6, 6.07) is 1.18. The summed E-state index contributed by atoms with van der Waals surface area (Å²) in [6.45, 7) is 0. The van der Waals surface area contributed by atoms with Crippen LogP contribution in [0.1, 0.15) is 0 Å². The largest absolute Gasteiger partial charge is 0.343 e. The van der Waals surface area contributed by atoms with Crippen LogP contribution in [0, 0.1) is 11.3 Å². The standard InChI is InChI=1S/C3HN3O2/c4-1-3(8)6-5-2-7/h(H,6,8). The normalized spacial score (nSPS) is 5.88. The summed E-state index contributed by atoms with van der Waals surface area (Å²) in [7, 11) is 0. The Hall–Kier alpha value is -1.66. The topological polar surface area (TPSA) is 82.3 Å². The molecule has 0 aromatic carbocycles. The van der Waals surface area contributed by atoms with Gasteiger partial charge < -0.3 is 0 Å². The molecule has 0 saturated carbocycles. The Morgan fingerprint density at radius 2 is 2.38 bits per heavy atom. The van der Waals surface area contributed by atoms with Crippen molar-refractivity contribution < 1.29 is 9.59 Å². The number of hydrogen-bond acceptors (Lipinski definition) is 4. The van der Waals surface area contributed by atoms with Gasteiger partial charge in [-0.1, -0.05) is 5.10 Å². The van der Waals surface area contributed by atoms with Gasteiger partial charge in [-0.25, -0.2) is 10.2 Å². The summed E-state index contributed by atoms with van der Waals surface area (Å²) >= 11 is 0. The minimum absolute atomic E-state index is 0.978. The molecule has 0 aliphatic rings. The molecule has 1 amide bonds. The summed E-state index contributed by atoms with van der Waals surface area (Å²) in [4.78, 5) is 19.0. The maximum Gasteiger partial charge on any atom is 0.343 e. The van der Waals surface area contributed by atoms with E-state index in [9.17, 15) is 9.59 Å². The molecule has 0 saturated heterocycles. The van der Waals surface area contributed by atoms with Gasteiger partial charge in [0.15, 0.2) is 6.07 Å². The van der Waals surface area contributed by atoms with Crippen molar-refractivity contribution in [1.82, 2.24) is 5.43 Å². The van der Waals surface area contributed by atoms with Crippen LogP contribution < -0.4 is 5.43 Å². The maximum absolute atomic E-state index is 9.83. The van der Waals surface area contributed by atoms with Gasteiger partial charge in [0.25, 0.3) is 6.08 Å². The maximum atomic E-state index is 9.83. The van der Waals surface area contributed by atoms with E-state index < -0.39 is 5.91 Å². The van der Waals surface area contributed by atoms with Crippen molar-refractivity contribution in [3.05, 3.63) is 0 Å². The van der Waals surface area contributed by atoms with E-state index >= 15 is 0 Å². The number of nitriles is 1. The molecule has 0 aromatic heterocycles. The molecule has 5 nitrogen and oxygen atoms in total. The second-order valence-electron chi connectivity index (χ2n) is 0.756. The molecule has 1 N–H and O–H groups in total. The van der Waals surface area contributed by atoms with Crippen molar-refractivity contribution in [3.8, 4) is 6.07 Å². The van der Waals surface area contributed by atoms with E-state index in [0.29, 0.717) is 0 Å². The number of hydrogen-bond donors (Lipinski definition) is 1. The number of carbonyl (C=O) groups is 1. The average Bonchev–Trinajstić information content (AvgIpc) is 1.83. The smallest absolute Gasteiger partial charge is 0.255 e. The van der Waals surface area contributed by atoms with Gasteiger partial charge in [0, 0.05) is 0 Å². The van der Waals surface area contributed by atoms with E-state index in [-0.39, 0.29) is 0 Å². The van der Waals surface area contributed by atoms with Crippen LogP contribution in [0.3, 0.4) is 0 Å². The second kappa shape index (κ2) is 3.53. The summed E-state index contributed by atoms with van der Waals surface area (Å²) in [6.07, 6.45) is 1.02. The van der Waals surface area contributed by atoms with Crippen molar-refractivity contribution in [2.24, 2.45) is 5.10 Å². The summed E-state index contributed by atoms with van der Waals surface area (Å²) in [5.41, 5.74) is 1.58. The van der Waals surface area contributed by atoms with Gasteiger partial charge in [-0.05, 0) is 0 Å². The third kappa shape index (κ3) is 2.57. The summed E-state index contributed by atoms with van der Waals surface area (Å²) in [5, 5.41) is 10.3. The molecule has 0 bridgehead atoms. The molecule has 40 valence electrons. The van der Waals surface area contributed by atoms with Crippen LogP contribution in [0.4, 0.5) is 0 Å². The highest BCUT2D eigenvalue weighted by Crippen LogP contribution is 1.55. The van der Waals surface area contributed by atoms with Crippen molar-refractivity contribution in [2.45, 2.75) is 0 Å². The Morgan fingerprint density at radius 3 is 2.75 bits per heavy atom. The molecule has 0 fully saturated rings. The fraction of sp³-hybridized carbons (Fsp3) is 0. The number of amides is 1. The third-order valence-corrected chi connectivity index (χ3v) is 0.305. The molecule has 0 radical (unpaired) electrons. The predicted octanol–water partition coefficient (Wildman–Crippen LogP) is -1.12. The van der Waals surface area contributed by atoms with Crippen molar-refractivity contribution in [2.75, 3.05) is 0 Å². The van der Waals surface area contributed by atoms with E-state index in [4.69, 9.17) is 5.26 Å². The molecule has 0 heterocycles.